The first-order valence-corrected chi connectivity index (χ1v) is 6.81. The first-order chi connectivity index (χ1) is 10.1. The summed E-state index contributed by atoms with van der Waals surface area (Å²) >= 11 is 0. The van der Waals surface area contributed by atoms with Crippen LogP contribution in [-0.4, -0.2) is 25.9 Å². The van der Waals surface area contributed by atoms with E-state index in [1.807, 2.05) is 19.3 Å². The third-order valence-corrected chi connectivity index (χ3v) is 3.84. The van der Waals surface area contributed by atoms with Gasteiger partial charge in [-0.25, -0.2) is 9.37 Å². The second-order valence-electron chi connectivity index (χ2n) is 5.49. The average Bonchev–Trinajstić information content (AvgIpc) is 3.03. The Bertz CT molecular complexity index is 841. The molecule has 6 heteroatoms. The molecule has 21 heavy (non-hydrogen) atoms. The van der Waals surface area contributed by atoms with E-state index in [9.17, 15) is 4.39 Å². The van der Waals surface area contributed by atoms with Crippen LogP contribution in [0.25, 0.3) is 22.3 Å². The topological polar surface area (TPSA) is 69.6 Å². The Morgan fingerprint density at radius 1 is 1.33 bits per heavy atom. The number of alkyl halides is 1. The molecule has 0 bridgehead atoms. The summed E-state index contributed by atoms with van der Waals surface area (Å²) in [7, 11) is 1.85. The molecule has 1 fully saturated rings. The first kappa shape index (κ1) is 12.3. The fourth-order valence-electron chi connectivity index (χ4n) is 2.57. The number of aromatic nitrogens is 4. The predicted molar refractivity (Wildman–Crippen MR) is 78.4 cm³/mol. The highest BCUT2D eigenvalue weighted by Gasteiger charge is 2.39. The molecule has 106 valence electrons. The van der Waals surface area contributed by atoms with Gasteiger partial charge in [-0.3, -0.25) is 9.67 Å². The Morgan fingerprint density at radius 3 is 2.81 bits per heavy atom. The maximum atomic E-state index is 13.2. The van der Waals surface area contributed by atoms with Crippen molar-refractivity contribution in [3.63, 3.8) is 0 Å². The summed E-state index contributed by atoms with van der Waals surface area (Å²) in [5, 5.41) is 4.14. The van der Waals surface area contributed by atoms with Crippen molar-refractivity contribution in [2.45, 2.75) is 18.5 Å². The molecule has 2 atom stereocenters. The van der Waals surface area contributed by atoms with Crippen LogP contribution in [0, 0.1) is 0 Å². The third-order valence-electron chi connectivity index (χ3n) is 3.84. The van der Waals surface area contributed by atoms with E-state index in [1.165, 1.54) is 0 Å². The Hall–Kier alpha value is -2.50. The lowest BCUT2D eigenvalue weighted by Crippen LogP contribution is -1.96. The zero-order valence-corrected chi connectivity index (χ0v) is 11.5. The number of rotatable bonds is 2. The third kappa shape index (κ3) is 2.03. The zero-order chi connectivity index (χ0) is 14.6. The van der Waals surface area contributed by atoms with Crippen molar-refractivity contribution in [1.29, 1.82) is 0 Å². The van der Waals surface area contributed by atoms with E-state index < -0.39 is 6.17 Å². The molecule has 3 aromatic heterocycles. The molecular formula is C15H14FN5. The summed E-state index contributed by atoms with van der Waals surface area (Å²) in [6.45, 7) is 0. The van der Waals surface area contributed by atoms with E-state index in [4.69, 9.17) is 5.73 Å². The molecule has 0 aliphatic heterocycles. The molecular weight excluding hydrogens is 269 g/mol. The van der Waals surface area contributed by atoms with Gasteiger partial charge in [-0.2, -0.15) is 5.10 Å². The van der Waals surface area contributed by atoms with Crippen molar-refractivity contribution >= 4 is 16.7 Å². The summed E-state index contributed by atoms with van der Waals surface area (Å²) in [5.41, 5.74) is 10.5. The number of hydrogen-bond acceptors (Lipinski definition) is 4. The van der Waals surface area contributed by atoms with Crippen LogP contribution >= 0.6 is 0 Å². The second kappa shape index (κ2) is 4.25. The molecule has 5 nitrogen and oxygen atoms in total. The maximum absolute atomic E-state index is 13.2. The number of nitrogens with zero attached hydrogens (tertiary/aromatic N) is 4. The SMILES string of the molecule is Cn1cc(-c2cc(N)c3ncc(C4CC4F)cc3n2)cn1. The van der Waals surface area contributed by atoms with Crippen LogP contribution in [-0.2, 0) is 7.05 Å². The summed E-state index contributed by atoms with van der Waals surface area (Å²) in [6.07, 6.45) is 5.15. The number of halogens is 1. The number of aryl methyl sites for hydroxylation is 1. The molecule has 0 saturated heterocycles. The molecule has 2 unspecified atom stereocenters. The monoisotopic (exact) mass is 283 g/mol. The fourth-order valence-corrected chi connectivity index (χ4v) is 2.57. The second-order valence-corrected chi connectivity index (χ2v) is 5.49. The van der Waals surface area contributed by atoms with Gasteiger partial charge in [0.15, 0.2) is 0 Å². The van der Waals surface area contributed by atoms with Crippen molar-refractivity contribution in [3.05, 3.63) is 36.3 Å². The van der Waals surface area contributed by atoms with E-state index in [1.54, 1.807) is 23.1 Å². The molecule has 0 amide bonds. The molecule has 0 aromatic carbocycles. The number of nitrogen functional groups attached to an aromatic ring is 1. The van der Waals surface area contributed by atoms with Gasteiger partial charge in [-0.15, -0.1) is 0 Å². The van der Waals surface area contributed by atoms with E-state index >= 15 is 0 Å². The standard InChI is InChI=1S/C15H14FN5/c1-21-7-9(6-19-21)13-4-12(17)15-14(20-13)2-8(5-18-15)10-3-11(10)16/h2,4-7,10-11H,3H2,1H3,(H2,17,20). The van der Waals surface area contributed by atoms with E-state index in [0.29, 0.717) is 23.1 Å². The van der Waals surface area contributed by atoms with Gasteiger partial charge in [0.25, 0.3) is 0 Å². The predicted octanol–water partition coefficient (Wildman–Crippen LogP) is 2.44. The van der Waals surface area contributed by atoms with Gasteiger partial charge in [0.05, 0.1) is 23.1 Å². The lowest BCUT2D eigenvalue weighted by molar-refractivity contribution is 0.468. The molecule has 3 aromatic rings. The van der Waals surface area contributed by atoms with Crippen LogP contribution < -0.4 is 5.73 Å². The fraction of sp³-hybridized carbons (Fsp3) is 0.267. The molecule has 1 saturated carbocycles. The Labute approximate surface area is 120 Å². The minimum atomic E-state index is -0.747. The molecule has 2 N–H and O–H groups in total. The van der Waals surface area contributed by atoms with Crippen LogP contribution in [0.1, 0.15) is 17.9 Å². The van der Waals surface area contributed by atoms with E-state index in [0.717, 1.165) is 16.8 Å². The quantitative estimate of drug-likeness (QED) is 0.784. The number of anilines is 1. The van der Waals surface area contributed by atoms with Crippen molar-refractivity contribution in [2.75, 3.05) is 5.73 Å². The minimum Gasteiger partial charge on any atom is -0.397 e. The van der Waals surface area contributed by atoms with Gasteiger partial charge in [0, 0.05) is 30.9 Å². The molecule has 1 aliphatic rings. The number of nitrogens with two attached hydrogens (primary N) is 1. The molecule has 1 aliphatic carbocycles. The van der Waals surface area contributed by atoms with Crippen LogP contribution in [0.3, 0.4) is 0 Å². The van der Waals surface area contributed by atoms with Crippen molar-refractivity contribution < 1.29 is 4.39 Å². The molecule has 3 heterocycles. The van der Waals surface area contributed by atoms with Gasteiger partial charge in [0.1, 0.15) is 11.7 Å². The van der Waals surface area contributed by atoms with E-state index in [-0.39, 0.29) is 5.92 Å². The molecule has 0 spiro atoms. The minimum absolute atomic E-state index is 0.0352. The van der Waals surface area contributed by atoms with Crippen LogP contribution in [0.5, 0.6) is 0 Å². The summed E-state index contributed by atoms with van der Waals surface area (Å²) in [5.74, 6) is -0.0352. The van der Waals surface area contributed by atoms with Crippen LogP contribution in [0.15, 0.2) is 30.7 Å². The zero-order valence-electron chi connectivity index (χ0n) is 11.5. The van der Waals surface area contributed by atoms with Gasteiger partial charge in [-0.1, -0.05) is 0 Å². The largest absolute Gasteiger partial charge is 0.397 e. The lowest BCUT2D eigenvalue weighted by atomic mass is 10.1. The Kier molecular flexibility index (Phi) is 2.48. The number of hydrogen-bond donors (Lipinski definition) is 1. The normalized spacial score (nSPS) is 20.9. The average molecular weight is 283 g/mol. The van der Waals surface area contributed by atoms with E-state index in [2.05, 4.69) is 15.1 Å². The van der Waals surface area contributed by atoms with Crippen molar-refractivity contribution in [3.8, 4) is 11.3 Å². The Morgan fingerprint density at radius 2 is 2.14 bits per heavy atom. The summed E-state index contributed by atoms with van der Waals surface area (Å²) in [4.78, 5) is 8.94. The van der Waals surface area contributed by atoms with Crippen LogP contribution in [0.4, 0.5) is 10.1 Å². The highest BCUT2D eigenvalue weighted by Crippen LogP contribution is 2.43. The molecule has 0 radical (unpaired) electrons. The van der Waals surface area contributed by atoms with Crippen molar-refractivity contribution in [1.82, 2.24) is 19.7 Å². The van der Waals surface area contributed by atoms with Gasteiger partial charge >= 0.3 is 0 Å². The van der Waals surface area contributed by atoms with Gasteiger partial charge in [0.2, 0.25) is 0 Å². The number of fused-ring (bicyclic) bond motifs is 1. The lowest BCUT2D eigenvalue weighted by Gasteiger charge is -2.06. The Balaban J connectivity index is 1.86. The van der Waals surface area contributed by atoms with Crippen LogP contribution in [0.2, 0.25) is 0 Å². The van der Waals surface area contributed by atoms with Gasteiger partial charge < -0.3 is 5.73 Å². The van der Waals surface area contributed by atoms with Gasteiger partial charge in [-0.05, 0) is 24.1 Å². The molecule has 4 rings (SSSR count). The summed E-state index contributed by atoms with van der Waals surface area (Å²) in [6, 6.07) is 3.68. The number of pyridine rings is 2. The smallest absolute Gasteiger partial charge is 0.112 e. The highest BCUT2D eigenvalue weighted by molar-refractivity contribution is 5.89. The highest BCUT2D eigenvalue weighted by atomic mass is 19.1. The first-order valence-electron chi connectivity index (χ1n) is 6.81. The van der Waals surface area contributed by atoms with Crippen molar-refractivity contribution in [2.24, 2.45) is 7.05 Å². The summed E-state index contributed by atoms with van der Waals surface area (Å²) < 4.78 is 14.9. The maximum Gasteiger partial charge on any atom is 0.112 e.